The Hall–Kier alpha value is -3.68. The fourth-order valence-electron chi connectivity index (χ4n) is 3.15. The molecule has 0 fully saturated rings. The number of rotatable bonds is 6. The van der Waals surface area contributed by atoms with Crippen molar-refractivity contribution in [2.45, 2.75) is 17.9 Å². The van der Waals surface area contributed by atoms with Gasteiger partial charge in [-0.1, -0.05) is 18.2 Å². The Labute approximate surface area is 182 Å². The summed E-state index contributed by atoms with van der Waals surface area (Å²) in [6.07, 6.45) is 3.17. The van der Waals surface area contributed by atoms with Gasteiger partial charge in [0.1, 0.15) is 12.1 Å². The van der Waals surface area contributed by atoms with Gasteiger partial charge in [-0.15, -0.1) is 11.3 Å². The van der Waals surface area contributed by atoms with Gasteiger partial charge >= 0.3 is 0 Å². The third-order valence-electron chi connectivity index (χ3n) is 4.74. The highest BCUT2D eigenvalue weighted by molar-refractivity contribution is 7.93. The Morgan fingerprint density at radius 3 is 2.61 bits per heavy atom. The molecule has 2 heterocycles. The van der Waals surface area contributed by atoms with E-state index in [1.54, 1.807) is 23.1 Å². The van der Waals surface area contributed by atoms with E-state index in [9.17, 15) is 18.5 Å². The van der Waals surface area contributed by atoms with E-state index in [4.69, 9.17) is 0 Å². The molecular formula is C21H17N5O3S2. The largest absolute Gasteiger partial charge is 0.334 e. The van der Waals surface area contributed by atoms with Crippen LogP contribution in [0.3, 0.4) is 0 Å². The van der Waals surface area contributed by atoms with E-state index in [-0.39, 0.29) is 15.9 Å². The lowest BCUT2D eigenvalue weighted by atomic mass is 10.2. The van der Waals surface area contributed by atoms with E-state index in [1.807, 2.05) is 24.3 Å². The highest BCUT2D eigenvalue weighted by Crippen LogP contribution is 2.25. The molecule has 2 N–H and O–H groups in total. The summed E-state index contributed by atoms with van der Waals surface area (Å²) < 4.78 is 29.0. The van der Waals surface area contributed by atoms with Gasteiger partial charge in [0.15, 0.2) is 5.13 Å². The van der Waals surface area contributed by atoms with Crippen molar-refractivity contribution in [2.75, 3.05) is 10.0 Å². The van der Waals surface area contributed by atoms with Gasteiger partial charge in [-0.2, -0.15) is 5.26 Å². The highest BCUT2D eigenvalue weighted by atomic mass is 32.2. The number of carbonyl (C=O) groups is 1. The molecule has 4 rings (SSSR count). The Kier molecular flexibility index (Phi) is 5.46. The van der Waals surface area contributed by atoms with Crippen LogP contribution >= 0.6 is 11.3 Å². The van der Waals surface area contributed by atoms with E-state index in [1.165, 1.54) is 41.8 Å². The smallest absolute Gasteiger partial charge is 0.263 e. The number of anilines is 2. The van der Waals surface area contributed by atoms with Crippen LogP contribution in [0, 0.1) is 11.3 Å². The maximum Gasteiger partial charge on any atom is 0.263 e. The quantitative estimate of drug-likeness (QED) is 0.460. The lowest BCUT2D eigenvalue weighted by molar-refractivity contribution is -0.118. The number of amides is 1. The first-order valence-corrected chi connectivity index (χ1v) is 11.6. The Morgan fingerprint density at radius 2 is 1.94 bits per heavy atom. The molecule has 0 aliphatic heterocycles. The number of hydrogen-bond donors (Lipinski definition) is 2. The molecule has 0 aliphatic carbocycles. The van der Waals surface area contributed by atoms with Crippen LogP contribution in [0.2, 0.25) is 0 Å². The van der Waals surface area contributed by atoms with Gasteiger partial charge in [-0.3, -0.25) is 9.52 Å². The first kappa shape index (κ1) is 20.6. The molecule has 0 saturated heterocycles. The average molecular weight is 452 g/mol. The second-order valence-electron chi connectivity index (χ2n) is 6.71. The lowest BCUT2D eigenvalue weighted by Crippen LogP contribution is -2.23. The molecule has 10 heteroatoms. The summed E-state index contributed by atoms with van der Waals surface area (Å²) in [5.74, 6) is -0.290. The fourth-order valence-corrected chi connectivity index (χ4v) is 4.94. The standard InChI is InChI=1S/C21H17N5O3S2/c1-14(26-13-15(12-22)18-4-2-3-5-19(18)26)20(27)24-16-6-8-17(9-7-16)31(28,29)25-21-23-10-11-30-21/h2-11,13-14H,1H3,(H,23,25)(H,24,27). The minimum absolute atomic E-state index is 0.0591. The zero-order valence-electron chi connectivity index (χ0n) is 16.3. The van der Waals surface area contributed by atoms with Gasteiger partial charge in [-0.25, -0.2) is 13.4 Å². The number of nitrogens with zero attached hydrogens (tertiary/aromatic N) is 3. The van der Waals surface area contributed by atoms with Crippen LogP contribution in [-0.2, 0) is 14.8 Å². The number of nitriles is 1. The number of para-hydroxylation sites is 1. The van der Waals surface area contributed by atoms with Crippen molar-refractivity contribution in [3.05, 3.63) is 71.9 Å². The average Bonchev–Trinajstić information content (AvgIpc) is 3.40. The van der Waals surface area contributed by atoms with Crippen LogP contribution in [0.25, 0.3) is 10.9 Å². The zero-order valence-corrected chi connectivity index (χ0v) is 17.9. The Balaban J connectivity index is 1.51. The summed E-state index contributed by atoms with van der Waals surface area (Å²) in [5, 5.41) is 14.9. The van der Waals surface area contributed by atoms with Crippen molar-refractivity contribution in [3.8, 4) is 6.07 Å². The van der Waals surface area contributed by atoms with Gasteiger partial charge in [-0.05, 0) is 37.3 Å². The maximum absolute atomic E-state index is 12.8. The predicted molar refractivity (Wildman–Crippen MR) is 119 cm³/mol. The molecule has 2 aromatic heterocycles. The van der Waals surface area contributed by atoms with E-state index in [0.717, 1.165) is 10.9 Å². The van der Waals surface area contributed by atoms with Gasteiger partial charge < -0.3 is 9.88 Å². The predicted octanol–water partition coefficient (Wildman–Crippen LogP) is 3.97. The summed E-state index contributed by atoms with van der Waals surface area (Å²) in [7, 11) is -3.76. The van der Waals surface area contributed by atoms with E-state index in [2.05, 4.69) is 21.1 Å². The van der Waals surface area contributed by atoms with E-state index in [0.29, 0.717) is 11.3 Å². The van der Waals surface area contributed by atoms with Gasteiger partial charge in [0, 0.05) is 28.8 Å². The minimum atomic E-state index is -3.76. The molecule has 0 saturated carbocycles. The van der Waals surface area contributed by atoms with Crippen molar-refractivity contribution >= 4 is 49.0 Å². The number of nitrogens with one attached hydrogen (secondary N) is 2. The monoisotopic (exact) mass is 451 g/mol. The minimum Gasteiger partial charge on any atom is -0.334 e. The number of benzene rings is 2. The van der Waals surface area contributed by atoms with Crippen molar-refractivity contribution < 1.29 is 13.2 Å². The third-order valence-corrected chi connectivity index (χ3v) is 6.92. The van der Waals surface area contributed by atoms with Crippen LogP contribution in [0.5, 0.6) is 0 Å². The maximum atomic E-state index is 12.8. The fraction of sp³-hybridized carbons (Fsp3) is 0.0952. The van der Waals surface area contributed by atoms with E-state index >= 15 is 0 Å². The Bertz CT molecular complexity index is 1390. The van der Waals surface area contributed by atoms with E-state index < -0.39 is 16.1 Å². The number of sulfonamides is 1. The van der Waals surface area contributed by atoms with Crippen LogP contribution in [0.1, 0.15) is 18.5 Å². The summed E-state index contributed by atoms with van der Waals surface area (Å²) in [4.78, 5) is 16.8. The molecule has 1 atom stereocenters. The molecular weight excluding hydrogens is 434 g/mol. The normalized spacial score (nSPS) is 12.3. The number of aromatic nitrogens is 2. The van der Waals surface area contributed by atoms with Crippen molar-refractivity contribution in [1.82, 2.24) is 9.55 Å². The molecule has 0 radical (unpaired) electrons. The molecule has 31 heavy (non-hydrogen) atoms. The highest BCUT2D eigenvalue weighted by Gasteiger charge is 2.20. The first-order valence-electron chi connectivity index (χ1n) is 9.22. The molecule has 2 aromatic carbocycles. The second kappa shape index (κ2) is 8.22. The molecule has 8 nitrogen and oxygen atoms in total. The summed E-state index contributed by atoms with van der Waals surface area (Å²) in [5.41, 5.74) is 1.75. The van der Waals surface area contributed by atoms with Crippen LogP contribution < -0.4 is 10.0 Å². The van der Waals surface area contributed by atoms with Crippen LogP contribution in [-0.4, -0.2) is 23.9 Å². The van der Waals surface area contributed by atoms with Crippen molar-refractivity contribution in [2.24, 2.45) is 0 Å². The van der Waals surface area contributed by atoms with Gasteiger partial charge in [0.2, 0.25) is 5.91 Å². The summed E-state index contributed by atoms with van der Waals surface area (Å²) in [6, 6.07) is 14.8. The summed E-state index contributed by atoms with van der Waals surface area (Å²) >= 11 is 1.18. The SMILES string of the molecule is CC(C(=O)Nc1ccc(S(=O)(=O)Nc2nccs2)cc1)n1cc(C#N)c2ccccc21. The molecule has 156 valence electrons. The number of carbonyl (C=O) groups excluding carboxylic acids is 1. The second-order valence-corrected chi connectivity index (χ2v) is 9.29. The van der Waals surface area contributed by atoms with Crippen LogP contribution in [0.4, 0.5) is 10.8 Å². The molecule has 1 unspecified atom stereocenters. The van der Waals surface area contributed by atoms with Gasteiger partial charge in [0.25, 0.3) is 10.0 Å². The molecule has 4 aromatic rings. The molecule has 0 aliphatic rings. The third kappa shape index (κ3) is 4.14. The van der Waals surface area contributed by atoms with Crippen LogP contribution in [0.15, 0.2) is 71.2 Å². The zero-order chi connectivity index (χ0) is 22.0. The molecule has 0 spiro atoms. The summed E-state index contributed by atoms with van der Waals surface area (Å²) in [6.45, 7) is 1.74. The van der Waals surface area contributed by atoms with Crippen molar-refractivity contribution in [1.29, 1.82) is 5.26 Å². The van der Waals surface area contributed by atoms with Gasteiger partial charge in [0.05, 0.1) is 16.0 Å². The molecule has 0 bridgehead atoms. The lowest BCUT2D eigenvalue weighted by Gasteiger charge is -2.15. The number of thiazole rings is 1. The van der Waals surface area contributed by atoms with Crippen molar-refractivity contribution in [3.63, 3.8) is 0 Å². The Morgan fingerprint density at radius 1 is 1.19 bits per heavy atom. The number of hydrogen-bond acceptors (Lipinski definition) is 6. The first-order chi connectivity index (χ1) is 14.9. The topological polar surface area (TPSA) is 117 Å². The number of fused-ring (bicyclic) bond motifs is 1. The molecule has 1 amide bonds.